The van der Waals surface area contributed by atoms with Crippen molar-refractivity contribution in [1.82, 2.24) is 14.8 Å². The molecule has 1 saturated heterocycles. The zero-order chi connectivity index (χ0) is 27.9. The number of hydrogen-bond acceptors (Lipinski definition) is 6. The first-order chi connectivity index (χ1) is 20.0. The molecule has 0 radical (unpaired) electrons. The van der Waals surface area contributed by atoms with E-state index in [0.717, 1.165) is 50.3 Å². The maximum atomic E-state index is 13.9. The van der Waals surface area contributed by atoms with Crippen LogP contribution in [0.5, 0.6) is 0 Å². The molecule has 7 rings (SSSR count). The Balaban J connectivity index is 1.20. The number of fused-ring (bicyclic) bond motifs is 5. The third-order valence-corrected chi connectivity index (χ3v) is 8.23. The van der Waals surface area contributed by atoms with Crippen LogP contribution in [0.2, 0.25) is 0 Å². The molecule has 5 aromatic carbocycles. The van der Waals surface area contributed by atoms with Crippen molar-refractivity contribution in [3.05, 3.63) is 110 Å². The standard InChI is InChI=1S/C34H32N4O3/c1-22-11-12-28-26(19-22)36-32-29(41-28)20-27(30-31(32)34(40)25-10-6-5-9-24(25)33(30)39)35-13-14-37-15-17-38(18-16-37)21-23-7-3-2-4-8-23/h2-12,19-20,35-36H,13-18,21H2,1H3. The predicted octanol–water partition coefficient (Wildman–Crippen LogP) is 5.48. The fourth-order valence-corrected chi connectivity index (χ4v) is 6.06. The van der Waals surface area contributed by atoms with E-state index in [4.69, 9.17) is 4.42 Å². The van der Waals surface area contributed by atoms with Crippen molar-refractivity contribution in [1.29, 1.82) is 0 Å². The Kier molecular flexibility index (Phi) is 6.53. The summed E-state index contributed by atoms with van der Waals surface area (Å²) in [5, 5.41) is 5.15. The van der Waals surface area contributed by atoms with Crippen molar-refractivity contribution in [3.63, 3.8) is 0 Å². The summed E-state index contributed by atoms with van der Waals surface area (Å²) in [7, 11) is 0. The lowest BCUT2D eigenvalue weighted by atomic mass is 9.99. The molecule has 41 heavy (non-hydrogen) atoms. The number of H-pyrrole nitrogens is 1. The minimum atomic E-state index is -0.170. The Labute approximate surface area is 237 Å². The summed E-state index contributed by atoms with van der Waals surface area (Å²) in [5.74, 6) is 0. The molecule has 7 heteroatoms. The molecule has 1 aliphatic heterocycles. The van der Waals surface area contributed by atoms with Gasteiger partial charge in [0.2, 0.25) is 0 Å². The van der Waals surface area contributed by atoms with Crippen LogP contribution in [0.3, 0.4) is 0 Å². The van der Waals surface area contributed by atoms with Gasteiger partial charge in [0.05, 0.1) is 27.5 Å². The van der Waals surface area contributed by atoms with Crippen molar-refractivity contribution < 1.29 is 4.42 Å². The van der Waals surface area contributed by atoms with Crippen LogP contribution in [0.25, 0.3) is 43.7 Å². The van der Waals surface area contributed by atoms with Gasteiger partial charge in [0, 0.05) is 62.7 Å². The van der Waals surface area contributed by atoms with Crippen molar-refractivity contribution in [2.75, 3.05) is 44.6 Å². The number of hydrogen-bond donors (Lipinski definition) is 2. The molecule has 1 fully saturated rings. The Bertz CT molecular complexity index is 2020. The number of piperazine rings is 1. The highest BCUT2D eigenvalue weighted by atomic mass is 16.3. The van der Waals surface area contributed by atoms with E-state index < -0.39 is 0 Å². The molecule has 0 atom stereocenters. The Hall–Kier alpha value is -4.46. The molecule has 6 aromatic rings. The summed E-state index contributed by atoms with van der Waals surface area (Å²) in [5.41, 5.74) is 5.29. The summed E-state index contributed by atoms with van der Waals surface area (Å²) in [6, 6.07) is 25.4. The highest BCUT2D eigenvalue weighted by Crippen LogP contribution is 2.31. The second-order valence-corrected chi connectivity index (χ2v) is 11.0. The van der Waals surface area contributed by atoms with Gasteiger partial charge in [-0.3, -0.25) is 19.4 Å². The van der Waals surface area contributed by atoms with Gasteiger partial charge in [-0.25, -0.2) is 0 Å². The van der Waals surface area contributed by atoms with E-state index in [1.807, 2.05) is 31.2 Å². The maximum absolute atomic E-state index is 13.9. The van der Waals surface area contributed by atoms with Crippen LogP contribution < -0.4 is 16.2 Å². The largest absolute Gasteiger partial charge is 0.453 e. The molecule has 1 aliphatic rings. The monoisotopic (exact) mass is 544 g/mol. The number of benzene rings is 5. The molecule has 0 spiro atoms. The third-order valence-electron chi connectivity index (χ3n) is 8.23. The number of aryl methyl sites for hydroxylation is 1. The molecule has 0 aliphatic carbocycles. The van der Waals surface area contributed by atoms with Gasteiger partial charge in [0.1, 0.15) is 0 Å². The first kappa shape index (κ1) is 25.5. The van der Waals surface area contributed by atoms with Crippen molar-refractivity contribution in [2.24, 2.45) is 0 Å². The van der Waals surface area contributed by atoms with Crippen LogP contribution in [-0.4, -0.2) is 54.1 Å². The second kappa shape index (κ2) is 10.5. The minimum Gasteiger partial charge on any atom is -0.453 e. The van der Waals surface area contributed by atoms with Crippen LogP contribution in [-0.2, 0) is 6.54 Å². The summed E-state index contributed by atoms with van der Waals surface area (Å²) in [6.45, 7) is 8.49. The van der Waals surface area contributed by atoms with Gasteiger partial charge in [0.15, 0.2) is 22.0 Å². The lowest BCUT2D eigenvalue weighted by Gasteiger charge is -2.34. The Morgan fingerprint density at radius 3 is 2.22 bits per heavy atom. The highest BCUT2D eigenvalue weighted by molar-refractivity contribution is 6.14. The van der Waals surface area contributed by atoms with Gasteiger partial charge in [0.25, 0.3) is 0 Å². The molecule has 2 N–H and O–H groups in total. The van der Waals surface area contributed by atoms with Gasteiger partial charge in [-0.05, 0) is 30.2 Å². The first-order valence-electron chi connectivity index (χ1n) is 14.2. The van der Waals surface area contributed by atoms with Crippen LogP contribution in [0.4, 0.5) is 5.69 Å². The van der Waals surface area contributed by atoms with Crippen molar-refractivity contribution in [3.8, 4) is 0 Å². The fourth-order valence-electron chi connectivity index (χ4n) is 6.06. The van der Waals surface area contributed by atoms with Gasteiger partial charge >= 0.3 is 0 Å². The predicted molar refractivity (Wildman–Crippen MR) is 167 cm³/mol. The topological polar surface area (TPSA) is 81.6 Å². The van der Waals surface area contributed by atoms with E-state index in [2.05, 4.69) is 50.4 Å². The van der Waals surface area contributed by atoms with Gasteiger partial charge < -0.3 is 14.7 Å². The number of anilines is 1. The summed E-state index contributed by atoms with van der Waals surface area (Å²) in [4.78, 5) is 36.0. The number of nitrogens with one attached hydrogen (secondary N) is 2. The molecular weight excluding hydrogens is 512 g/mol. The van der Waals surface area contributed by atoms with E-state index in [0.29, 0.717) is 50.5 Å². The molecule has 0 unspecified atom stereocenters. The van der Waals surface area contributed by atoms with E-state index in [9.17, 15) is 9.59 Å². The van der Waals surface area contributed by atoms with E-state index in [1.165, 1.54) is 5.56 Å². The highest BCUT2D eigenvalue weighted by Gasteiger charge is 2.20. The molecule has 1 aromatic heterocycles. The summed E-state index contributed by atoms with van der Waals surface area (Å²) in [6.07, 6.45) is 0. The first-order valence-corrected chi connectivity index (χ1v) is 14.2. The molecule has 0 bridgehead atoms. The van der Waals surface area contributed by atoms with Crippen LogP contribution in [0, 0.1) is 6.92 Å². The quantitative estimate of drug-likeness (QED) is 0.214. The minimum absolute atomic E-state index is 0.146. The average Bonchev–Trinajstić information content (AvgIpc) is 3.00. The normalized spacial score (nSPS) is 14.9. The lowest BCUT2D eigenvalue weighted by Crippen LogP contribution is -2.47. The smallest absolute Gasteiger partial charge is 0.196 e. The third kappa shape index (κ3) is 4.77. The van der Waals surface area contributed by atoms with Crippen LogP contribution in [0.1, 0.15) is 11.1 Å². The van der Waals surface area contributed by atoms with Gasteiger partial charge in [-0.15, -0.1) is 0 Å². The van der Waals surface area contributed by atoms with E-state index in [-0.39, 0.29) is 10.9 Å². The number of rotatable bonds is 6. The summed E-state index contributed by atoms with van der Waals surface area (Å²) >= 11 is 0. The zero-order valence-electron chi connectivity index (χ0n) is 23.1. The number of nitrogens with zero attached hydrogens (tertiary/aromatic N) is 2. The van der Waals surface area contributed by atoms with Crippen LogP contribution >= 0.6 is 0 Å². The maximum Gasteiger partial charge on any atom is 0.196 e. The van der Waals surface area contributed by atoms with E-state index in [1.54, 1.807) is 24.3 Å². The molecule has 2 heterocycles. The number of aromatic amines is 1. The molecule has 7 nitrogen and oxygen atoms in total. The van der Waals surface area contributed by atoms with Gasteiger partial charge in [-0.2, -0.15) is 0 Å². The second-order valence-electron chi connectivity index (χ2n) is 11.0. The molecule has 206 valence electrons. The molecule has 0 amide bonds. The zero-order valence-corrected chi connectivity index (χ0v) is 23.1. The lowest BCUT2D eigenvalue weighted by molar-refractivity contribution is 0.130. The van der Waals surface area contributed by atoms with E-state index >= 15 is 0 Å². The molecular formula is C34H32N4O3. The van der Waals surface area contributed by atoms with Crippen molar-refractivity contribution >= 4 is 49.4 Å². The Morgan fingerprint density at radius 2 is 1.46 bits per heavy atom. The fraction of sp³-hybridized carbons (Fsp3) is 0.235. The van der Waals surface area contributed by atoms with Crippen molar-refractivity contribution in [2.45, 2.75) is 13.5 Å². The SMILES string of the molecule is Cc1ccc2oc3cc(NCCN4CCN(Cc5ccccc5)CC4)c4c(=O)c5ccccc5c(=O)c4c3[nH]c2c1. The Morgan fingerprint density at radius 1 is 0.780 bits per heavy atom. The van der Waals surface area contributed by atoms with Gasteiger partial charge in [-0.1, -0.05) is 60.7 Å². The van der Waals surface area contributed by atoms with Crippen LogP contribution in [0.15, 0.2) is 92.9 Å². The molecule has 0 saturated carbocycles. The summed E-state index contributed by atoms with van der Waals surface area (Å²) < 4.78 is 6.29. The average molecular weight is 545 g/mol. The number of aromatic nitrogens is 1.